The van der Waals surface area contributed by atoms with E-state index in [1.807, 2.05) is 6.92 Å². The molecule has 0 heterocycles. The number of hydrogen-bond acceptors (Lipinski definition) is 1. The Morgan fingerprint density at radius 3 is 2.59 bits per heavy atom. The number of aliphatic hydroxyl groups excluding tert-OH is 1. The molecular weight excluding hydrogens is 229 g/mol. The molecule has 0 aromatic rings. The summed E-state index contributed by atoms with van der Waals surface area (Å²) in [5.41, 5.74) is 0.965. The van der Waals surface area contributed by atoms with E-state index in [1.165, 1.54) is 0 Å². The van der Waals surface area contributed by atoms with Crippen LogP contribution < -0.4 is 0 Å². The average molecular weight is 250 g/mol. The third-order valence-corrected chi connectivity index (χ3v) is 3.59. The molecule has 1 nitrogen and oxygen atoms in total. The minimum Gasteiger partial charge on any atom is -0.393 e. The molecular formula is C13H21F3O. The van der Waals surface area contributed by atoms with Crippen LogP contribution >= 0.6 is 0 Å². The number of allylic oxidation sites excluding steroid dienone is 1. The summed E-state index contributed by atoms with van der Waals surface area (Å²) in [6, 6.07) is 0. The third-order valence-electron chi connectivity index (χ3n) is 3.59. The van der Waals surface area contributed by atoms with E-state index < -0.39 is 18.2 Å². The number of rotatable bonds is 4. The fourth-order valence-corrected chi connectivity index (χ4v) is 2.50. The number of hydrogen-bond donors (Lipinski definition) is 1. The molecule has 1 rings (SSSR count). The van der Waals surface area contributed by atoms with Gasteiger partial charge in [0.25, 0.3) is 0 Å². The number of halogens is 3. The zero-order chi connectivity index (χ0) is 13.1. The van der Waals surface area contributed by atoms with Crippen LogP contribution in [0.4, 0.5) is 13.2 Å². The largest absolute Gasteiger partial charge is 0.393 e. The molecule has 0 amide bonds. The molecule has 1 saturated carbocycles. The Bertz CT molecular complexity index is 260. The second-order valence-electron chi connectivity index (χ2n) is 5.23. The zero-order valence-corrected chi connectivity index (χ0v) is 10.3. The Hall–Kier alpha value is -0.510. The first kappa shape index (κ1) is 14.6. The van der Waals surface area contributed by atoms with Gasteiger partial charge in [0.2, 0.25) is 0 Å². The van der Waals surface area contributed by atoms with Crippen molar-refractivity contribution in [1.82, 2.24) is 0 Å². The summed E-state index contributed by atoms with van der Waals surface area (Å²) in [4.78, 5) is 0. The molecule has 0 aromatic carbocycles. The molecule has 100 valence electrons. The van der Waals surface area contributed by atoms with Crippen molar-refractivity contribution in [2.45, 2.75) is 57.7 Å². The SMILES string of the molecule is C=C(C)CCC(O)C1CCCC(C(F)(F)F)C1. The fourth-order valence-electron chi connectivity index (χ4n) is 2.50. The van der Waals surface area contributed by atoms with E-state index in [2.05, 4.69) is 6.58 Å². The fraction of sp³-hybridized carbons (Fsp3) is 0.846. The Morgan fingerprint density at radius 1 is 1.41 bits per heavy atom. The van der Waals surface area contributed by atoms with Gasteiger partial charge >= 0.3 is 6.18 Å². The summed E-state index contributed by atoms with van der Waals surface area (Å²) in [6.07, 6.45) is -1.92. The van der Waals surface area contributed by atoms with E-state index in [9.17, 15) is 18.3 Å². The van der Waals surface area contributed by atoms with Crippen molar-refractivity contribution in [1.29, 1.82) is 0 Å². The quantitative estimate of drug-likeness (QED) is 0.746. The van der Waals surface area contributed by atoms with Crippen LogP contribution in [0.1, 0.15) is 45.4 Å². The van der Waals surface area contributed by atoms with Crippen molar-refractivity contribution >= 4 is 0 Å². The van der Waals surface area contributed by atoms with Gasteiger partial charge < -0.3 is 5.11 Å². The molecule has 1 fully saturated rings. The van der Waals surface area contributed by atoms with Gasteiger partial charge in [-0.05, 0) is 44.9 Å². The topological polar surface area (TPSA) is 20.2 Å². The highest BCUT2D eigenvalue weighted by atomic mass is 19.4. The van der Waals surface area contributed by atoms with Crippen LogP contribution in [0.2, 0.25) is 0 Å². The molecule has 0 saturated heterocycles. The van der Waals surface area contributed by atoms with E-state index >= 15 is 0 Å². The normalized spacial score (nSPS) is 27.8. The lowest BCUT2D eigenvalue weighted by Crippen LogP contribution is -2.33. The summed E-state index contributed by atoms with van der Waals surface area (Å²) in [7, 11) is 0. The molecule has 0 spiro atoms. The highest BCUT2D eigenvalue weighted by molar-refractivity contribution is 4.90. The predicted octanol–water partition coefficient (Wildman–Crippen LogP) is 4.07. The van der Waals surface area contributed by atoms with E-state index in [1.54, 1.807) is 0 Å². The molecule has 3 unspecified atom stereocenters. The summed E-state index contributed by atoms with van der Waals surface area (Å²) in [6.45, 7) is 5.60. The van der Waals surface area contributed by atoms with E-state index in [0.717, 1.165) is 5.57 Å². The van der Waals surface area contributed by atoms with Crippen LogP contribution in [0, 0.1) is 11.8 Å². The maximum Gasteiger partial charge on any atom is 0.391 e. The molecule has 1 aliphatic rings. The Balaban J connectivity index is 2.46. The van der Waals surface area contributed by atoms with Crippen LogP contribution in [-0.4, -0.2) is 17.4 Å². The monoisotopic (exact) mass is 250 g/mol. The number of alkyl halides is 3. The lowest BCUT2D eigenvalue weighted by molar-refractivity contribution is -0.188. The van der Waals surface area contributed by atoms with Crippen LogP contribution in [0.15, 0.2) is 12.2 Å². The van der Waals surface area contributed by atoms with Crippen molar-refractivity contribution in [3.63, 3.8) is 0 Å². The van der Waals surface area contributed by atoms with Crippen molar-refractivity contribution in [2.75, 3.05) is 0 Å². The minimum absolute atomic E-state index is 0.0842. The lowest BCUT2D eigenvalue weighted by Gasteiger charge is -2.33. The Kier molecular flexibility index (Phi) is 5.04. The maximum atomic E-state index is 12.6. The molecule has 0 aromatic heterocycles. The first-order valence-electron chi connectivity index (χ1n) is 6.20. The maximum absolute atomic E-state index is 12.6. The van der Waals surface area contributed by atoms with Crippen molar-refractivity contribution in [3.05, 3.63) is 12.2 Å². The van der Waals surface area contributed by atoms with Crippen molar-refractivity contribution in [3.8, 4) is 0 Å². The third kappa shape index (κ3) is 4.70. The zero-order valence-electron chi connectivity index (χ0n) is 10.3. The van der Waals surface area contributed by atoms with Gasteiger partial charge in [0.05, 0.1) is 12.0 Å². The van der Waals surface area contributed by atoms with Crippen molar-refractivity contribution in [2.24, 2.45) is 11.8 Å². The molecule has 0 radical (unpaired) electrons. The van der Waals surface area contributed by atoms with Gasteiger partial charge in [0, 0.05) is 0 Å². The first-order chi connectivity index (χ1) is 7.80. The average Bonchev–Trinajstić information content (AvgIpc) is 2.25. The standard InChI is InChI=1S/C13H21F3O/c1-9(2)6-7-12(17)10-4-3-5-11(8-10)13(14,15)16/h10-12,17H,1,3-8H2,2H3. The van der Waals surface area contributed by atoms with Gasteiger partial charge in [-0.15, -0.1) is 6.58 Å². The molecule has 1 N–H and O–H groups in total. The van der Waals surface area contributed by atoms with E-state index in [0.29, 0.717) is 25.7 Å². The van der Waals surface area contributed by atoms with Gasteiger partial charge in [-0.25, -0.2) is 0 Å². The highest BCUT2D eigenvalue weighted by Crippen LogP contribution is 2.41. The van der Waals surface area contributed by atoms with E-state index in [4.69, 9.17) is 0 Å². The van der Waals surface area contributed by atoms with Gasteiger partial charge in [0.1, 0.15) is 0 Å². The predicted molar refractivity (Wildman–Crippen MR) is 61.6 cm³/mol. The van der Waals surface area contributed by atoms with Crippen LogP contribution in [0.3, 0.4) is 0 Å². The van der Waals surface area contributed by atoms with Crippen LogP contribution in [0.5, 0.6) is 0 Å². The Labute approximate surface area is 101 Å². The first-order valence-corrected chi connectivity index (χ1v) is 6.20. The van der Waals surface area contributed by atoms with Gasteiger partial charge in [-0.1, -0.05) is 12.0 Å². The summed E-state index contributed by atoms with van der Waals surface area (Å²) >= 11 is 0. The second kappa shape index (κ2) is 5.89. The molecule has 3 atom stereocenters. The van der Waals surface area contributed by atoms with Gasteiger partial charge in [0.15, 0.2) is 0 Å². The lowest BCUT2D eigenvalue weighted by atomic mass is 9.77. The van der Waals surface area contributed by atoms with Crippen LogP contribution in [-0.2, 0) is 0 Å². The number of aliphatic hydroxyl groups is 1. The van der Waals surface area contributed by atoms with Crippen molar-refractivity contribution < 1.29 is 18.3 Å². The van der Waals surface area contributed by atoms with E-state index in [-0.39, 0.29) is 18.8 Å². The smallest absolute Gasteiger partial charge is 0.391 e. The molecule has 0 aliphatic heterocycles. The van der Waals surface area contributed by atoms with Crippen LogP contribution in [0.25, 0.3) is 0 Å². The molecule has 17 heavy (non-hydrogen) atoms. The molecule has 0 bridgehead atoms. The Morgan fingerprint density at radius 2 is 2.06 bits per heavy atom. The summed E-state index contributed by atoms with van der Waals surface area (Å²) in [5.74, 6) is -1.42. The van der Waals surface area contributed by atoms with Gasteiger partial charge in [-0.2, -0.15) is 13.2 Å². The highest BCUT2D eigenvalue weighted by Gasteiger charge is 2.43. The molecule has 4 heteroatoms. The summed E-state index contributed by atoms with van der Waals surface area (Å²) < 4.78 is 37.8. The minimum atomic E-state index is -4.10. The summed E-state index contributed by atoms with van der Waals surface area (Å²) in [5, 5.41) is 9.90. The van der Waals surface area contributed by atoms with Gasteiger partial charge in [-0.3, -0.25) is 0 Å². The second-order valence-corrected chi connectivity index (χ2v) is 5.23. The molecule has 1 aliphatic carbocycles.